The molecule has 0 fully saturated rings. The molecule has 2 atom stereocenters. The largest absolute Gasteiger partial charge is 0.409 e. The molecule has 0 aliphatic carbocycles. The maximum absolute atomic E-state index is 13.4. The maximum atomic E-state index is 13.4. The van der Waals surface area contributed by atoms with Gasteiger partial charge in [0.15, 0.2) is 11.6 Å². The van der Waals surface area contributed by atoms with Crippen LogP contribution in [-0.4, -0.2) is 31.7 Å². The Morgan fingerprint density at radius 1 is 1.17 bits per heavy atom. The molecule has 130 valence electrons. The Kier molecular flexibility index (Phi) is 4.85. The molecule has 0 aliphatic heterocycles. The van der Waals surface area contributed by atoms with E-state index in [-0.39, 0.29) is 9.20 Å². The highest BCUT2D eigenvalue weighted by Gasteiger charge is 2.47. The van der Waals surface area contributed by atoms with E-state index in [9.17, 15) is 26.2 Å². The number of aromatic nitrogens is 2. The van der Waals surface area contributed by atoms with Crippen LogP contribution in [0.3, 0.4) is 0 Å². The zero-order valence-electron chi connectivity index (χ0n) is 12.1. The van der Waals surface area contributed by atoms with Gasteiger partial charge in [0.2, 0.25) is 0 Å². The highest BCUT2D eigenvalue weighted by Crippen LogP contribution is 2.39. The second-order valence-corrected chi connectivity index (χ2v) is 6.86. The molecule has 2 rings (SSSR count). The van der Waals surface area contributed by atoms with Crippen molar-refractivity contribution in [2.24, 2.45) is 0 Å². The molecule has 0 spiro atoms. The summed E-state index contributed by atoms with van der Waals surface area (Å²) in [5, 5.41) is 0. The second-order valence-electron chi connectivity index (χ2n) is 4.76. The molecule has 1 heterocycles. The molecule has 1 N–H and O–H groups in total. The smallest absolute Gasteiger partial charge is 0.243 e. The Morgan fingerprint density at radius 2 is 1.75 bits per heavy atom. The maximum Gasteiger partial charge on any atom is 0.409 e. The van der Waals surface area contributed by atoms with Crippen LogP contribution in [0.4, 0.5) is 22.0 Å². The molecule has 5 nitrogen and oxygen atoms in total. The summed E-state index contributed by atoms with van der Waals surface area (Å²) in [7, 11) is -3.31. The summed E-state index contributed by atoms with van der Waals surface area (Å²) in [4.78, 5) is 6.71. The summed E-state index contributed by atoms with van der Waals surface area (Å²) in [6.45, 7) is 0. The van der Waals surface area contributed by atoms with Crippen molar-refractivity contribution >= 4 is 9.92 Å². The van der Waals surface area contributed by atoms with Crippen molar-refractivity contribution in [2.75, 3.05) is 7.05 Å². The van der Waals surface area contributed by atoms with Crippen molar-refractivity contribution in [2.45, 2.75) is 17.1 Å². The van der Waals surface area contributed by atoms with Crippen LogP contribution in [-0.2, 0) is 9.92 Å². The first kappa shape index (κ1) is 18.2. The first-order valence-electron chi connectivity index (χ1n) is 6.33. The minimum absolute atomic E-state index is 0.234. The number of halogens is 5. The topological polar surface area (TPSA) is 69.9 Å². The Balaban J connectivity index is 2.54. The number of nitrogens with one attached hydrogen (secondary N) is 1. The molecule has 0 bridgehead atoms. The van der Waals surface area contributed by atoms with E-state index in [4.69, 9.17) is 4.78 Å². The average Bonchev–Trinajstić information content (AvgIpc) is 2.50. The highest BCUT2D eigenvalue weighted by molar-refractivity contribution is 7.90. The van der Waals surface area contributed by atoms with Crippen LogP contribution >= 0.6 is 0 Å². The van der Waals surface area contributed by atoms with Crippen molar-refractivity contribution in [1.82, 2.24) is 14.3 Å². The number of rotatable bonds is 4. The molecule has 11 heteroatoms. The lowest BCUT2D eigenvalue weighted by Crippen LogP contribution is -2.39. The van der Waals surface area contributed by atoms with Gasteiger partial charge in [0.25, 0.3) is 0 Å². The van der Waals surface area contributed by atoms with Gasteiger partial charge in [-0.25, -0.2) is 32.0 Å². The van der Waals surface area contributed by atoms with Gasteiger partial charge in [-0.05, 0) is 17.7 Å². The zero-order chi connectivity index (χ0) is 18.1. The van der Waals surface area contributed by atoms with Crippen LogP contribution in [0, 0.1) is 16.4 Å². The van der Waals surface area contributed by atoms with E-state index in [1.165, 1.54) is 0 Å². The fourth-order valence-corrected chi connectivity index (χ4v) is 3.31. The zero-order valence-corrected chi connectivity index (χ0v) is 12.9. The van der Waals surface area contributed by atoms with Crippen molar-refractivity contribution < 1.29 is 26.2 Å². The molecule has 0 saturated heterocycles. The third-order valence-corrected chi connectivity index (χ3v) is 5.07. The quantitative estimate of drug-likeness (QED) is 0.844. The predicted octanol–water partition coefficient (Wildman–Crippen LogP) is 3.31. The number of hydrogen-bond acceptors (Lipinski definition) is 4. The minimum Gasteiger partial charge on any atom is -0.243 e. The summed E-state index contributed by atoms with van der Waals surface area (Å²) in [5.41, 5.74) is -0.680. The van der Waals surface area contributed by atoms with Crippen LogP contribution in [0.2, 0.25) is 0 Å². The van der Waals surface area contributed by atoms with Gasteiger partial charge in [-0.3, -0.25) is 0 Å². The van der Waals surface area contributed by atoms with Crippen molar-refractivity contribution in [1.29, 1.82) is 4.78 Å². The monoisotopic (exact) mass is 366 g/mol. The summed E-state index contributed by atoms with van der Waals surface area (Å²) < 4.78 is 87.2. The Morgan fingerprint density at radius 3 is 2.25 bits per heavy atom. The van der Waals surface area contributed by atoms with Gasteiger partial charge in [-0.2, -0.15) is 13.2 Å². The lowest BCUT2D eigenvalue weighted by Gasteiger charge is -2.31. The second kappa shape index (κ2) is 6.40. The fourth-order valence-electron chi connectivity index (χ4n) is 2.03. The summed E-state index contributed by atoms with van der Waals surface area (Å²) in [5.74, 6) is -2.79. The SMILES string of the molecule is CN([C@H](c1ccc(F)c(F)c1)C(F)(F)F)S(=N)(=O)c1cncnc1. The number of benzene rings is 1. The fraction of sp³-hybridized carbons (Fsp3) is 0.231. The molecule has 1 unspecified atom stereocenters. The van der Waals surface area contributed by atoms with Crippen molar-refractivity contribution in [3.05, 3.63) is 54.1 Å². The lowest BCUT2D eigenvalue weighted by molar-refractivity contribution is -0.170. The van der Waals surface area contributed by atoms with Gasteiger partial charge in [-0.15, -0.1) is 0 Å². The molecular weight excluding hydrogens is 355 g/mol. The molecule has 0 saturated carbocycles. The summed E-state index contributed by atoms with van der Waals surface area (Å²) in [6.07, 6.45) is -2.01. The number of alkyl halides is 3. The van der Waals surface area contributed by atoms with Gasteiger partial charge in [0, 0.05) is 19.4 Å². The third-order valence-electron chi connectivity index (χ3n) is 3.19. The van der Waals surface area contributed by atoms with E-state index in [0.29, 0.717) is 12.1 Å². The molecule has 0 radical (unpaired) electrons. The molecule has 1 aromatic carbocycles. The normalized spacial score (nSPS) is 16.0. The van der Waals surface area contributed by atoms with E-state index in [1.54, 1.807) is 0 Å². The minimum atomic E-state index is -4.99. The van der Waals surface area contributed by atoms with Crippen LogP contribution in [0.25, 0.3) is 0 Å². The van der Waals surface area contributed by atoms with Gasteiger partial charge >= 0.3 is 6.18 Å². The number of nitrogens with zero attached hydrogens (tertiary/aromatic N) is 3. The van der Waals surface area contributed by atoms with Gasteiger partial charge in [0.05, 0.1) is 4.90 Å². The third kappa shape index (κ3) is 3.51. The van der Waals surface area contributed by atoms with E-state index >= 15 is 0 Å². The molecular formula is C13H11F5N4OS. The average molecular weight is 366 g/mol. The van der Waals surface area contributed by atoms with E-state index in [0.717, 1.165) is 31.8 Å². The van der Waals surface area contributed by atoms with Crippen LogP contribution in [0.5, 0.6) is 0 Å². The van der Waals surface area contributed by atoms with Gasteiger partial charge in [0.1, 0.15) is 22.3 Å². The van der Waals surface area contributed by atoms with E-state index in [1.807, 2.05) is 0 Å². The standard InChI is InChI=1S/C13H11F5N4OS/c1-22(24(19,23)9-5-20-7-21-6-9)12(13(16,17)18)8-2-3-10(14)11(15)4-8/h2-7,12,19H,1H3/t12-,24?/m1/s1. The van der Waals surface area contributed by atoms with Crippen LogP contribution in [0.15, 0.2) is 41.8 Å². The van der Waals surface area contributed by atoms with Crippen LogP contribution in [0.1, 0.15) is 11.6 Å². The van der Waals surface area contributed by atoms with Crippen molar-refractivity contribution in [3.63, 3.8) is 0 Å². The number of hydrogen-bond donors (Lipinski definition) is 1. The van der Waals surface area contributed by atoms with Crippen molar-refractivity contribution in [3.8, 4) is 0 Å². The van der Waals surface area contributed by atoms with Gasteiger partial charge in [-0.1, -0.05) is 6.07 Å². The van der Waals surface area contributed by atoms with E-state index < -0.39 is 39.3 Å². The Hall–Kier alpha value is -2.14. The lowest BCUT2D eigenvalue weighted by atomic mass is 10.1. The van der Waals surface area contributed by atoms with E-state index in [2.05, 4.69) is 9.97 Å². The Bertz CT molecular complexity index is 826. The van der Waals surface area contributed by atoms with Gasteiger partial charge < -0.3 is 0 Å². The molecule has 0 aliphatic rings. The summed E-state index contributed by atoms with van der Waals surface area (Å²) in [6, 6.07) is -0.961. The molecule has 0 amide bonds. The predicted molar refractivity (Wildman–Crippen MR) is 74.1 cm³/mol. The first-order chi connectivity index (χ1) is 11.0. The molecule has 2 aromatic rings. The summed E-state index contributed by atoms with van der Waals surface area (Å²) >= 11 is 0. The molecule has 24 heavy (non-hydrogen) atoms. The molecule has 1 aromatic heterocycles. The first-order valence-corrected chi connectivity index (χ1v) is 7.85. The highest BCUT2D eigenvalue weighted by atomic mass is 32.2. The Labute approximate surface area is 134 Å². The van der Waals surface area contributed by atoms with Crippen LogP contribution < -0.4 is 0 Å².